The Morgan fingerprint density at radius 2 is 2.19 bits per heavy atom. The molecule has 0 heterocycles. The third kappa shape index (κ3) is 4.21. The molecule has 2 N–H and O–H groups in total. The summed E-state index contributed by atoms with van der Waals surface area (Å²) in [6.45, 7) is 2.86. The van der Waals surface area contributed by atoms with Gasteiger partial charge in [-0.3, -0.25) is 4.79 Å². The second-order valence-electron chi connectivity index (χ2n) is 5.90. The summed E-state index contributed by atoms with van der Waals surface area (Å²) in [6.07, 6.45) is 4.01. The van der Waals surface area contributed by atoms with Crippen LogP contribution >= 0.6 is 0 Å². The molecule has 1 saturated carbocycles. The number of hydrogen-bond donors (Lipinski definition) is 2. The molecule has 116 valence electrons. The van der Waals surface area contributed by atoms with Gasteiger partial charge in [-0.2, -0.15) is 0 Å². The summed E-state index contributed by atoms with van der Waals surface area (Å²) >= 11 is 0. The molecule has 1 aliphatic rings. The number of rotatable bonds is 6. The van der Waals surface area contributed by atoms with Gasteiger partial charge in [-0.15, -0.1) is 0 Å². The van der Waals surface area contributed by atoms with E-state index >= 15 is 0 Å². The van der Waals surface area contributed by atoms with E-state index in [2.05, 4.69) is 18.3 Å². The van der Waals surface area contributed by atoms with Crippen LogP contribution in [0.3, 0.4) is 0 Å². The summed E-state index contributed by atoms with van der Waals surface area (Å²) < 4.78 is 5.24. The highest BCUT2D eigenvalue weighted by Gasteiger charge is 2.30. The van der Waals surface area contributed by atoms with E-state index < -0.39 is 5.97 Å². The van der Waals surface area contributed by atoms with Crippen molar-refractivity contribution in [1.29, 1.82) is 0 Å². The zero-order valence-corrected chi connectivity index (χ0v) is 12.8. The summed E-state index contributed by atoms with van der Waals surface area (Å²) in [7, 11) is 1.66. The largest absolute Gasteiger partial charge is 0.497 e. The van der Waals surface area contributed by atoms with Crippen LogP contribution in [-0.2, 0) is 4.79 Å². The smallest absolute Gasteiger partial charge is 0.306 e. The molecule has 2 rings (SSSR count). The van der Waals surface area contributed by atoms with E-state index in [4.69, 9.17) is 4.74 Å². The fourth-order valence-corrected chi connectivity index (χ4v) is 3.13. The second-order valence-corrected chi connectivity index (χ2v) is 5.90. The molecule has 3 unspecified atom stereocenters. The molecule has 0 aromatic heterocycles. The first-order valence-corrected chi connectivity index (χ1v) is 7.72. The number of carbonyl (C=O) groups is 1. The van der Waals surface area contributed by atoms with Crippen LogP contribution in [0, 0.1) is 11.8 Å². The Balaban J connectivity index is 1.93. The highest BCUT2D eigenvalue weighted by Crippen LogP contribution is 2.30. The van der Waals surface area contributed by atoms with Gasteiger partial charge in [0.05, 0.1) is 13.0 Å². The SMILES string of the molecule is COc1cccc(C(C)NCC2CCCCC2C(=O)O)c1. The molecule has 1 aliphatic carbocycles. The number of ether oxygens (including phenoxy) is 1. The Kier molecular flexibility index (Phi) is 5.62. The zero-order chi connectivity index (χ0) is 15.2. The lowest BCUT2D eigenvalue weighted by atomic mass is 9.79. The van der Waals surface area contributed by atoms with Crippen molar-refractivity contribution in [1.82, 2.24) is 5.32 Å². The molecule has 0 aliphatic heterocycles. The quantitative estimate of drug-likeness (QED) is 0.845. The van der Waals surface area contributed by atoms with Gasteiger partial charge >= 0.3 is 5.97 Å². The number of aliphatic carboxylic acids is 1. The third-order valence-electron chi connectivity index (χ3n) is 4.51. The molecule has 3 atom stereocenters. The standard InChI is InChI=1S/C17H25NO3/c1-12(13-7-5-8-15(10-13)21-2)18-11-14-6-3-4-9-16(14)17(19)20/h5,7-8,10,12,14,16,18H,3-4,6,9,11H2,1-2H3,(H,19,20). The Bertz CT molecular complexity index is 475. The molecule has 1 aromatic carbocycles. The van der Waals surface area contributed by atoms with Crippen molar-refractivity contribution in [3.8, 4) is 5.75 Å². The molecule has 4 nitrogen and oxygen atoms in total. The van der Waals surface area contributed by atoms with E-state index in [0.717, 1.165) is 43.5 Å². The van der Waals surface area contributed by atoms with Crippen molar-refractivity contribution < 1.29 is 14.6 Å². The number of carboxylic acid groups (broad SMARTS) is 1. The van der Waals surface area contributed by atoms with Crippen LogP contribution in [0.4, 0.5) is 0 Å². The summed E-state index contributed by atoms with van der Waals surface area (Å²) in [5.41, 5.74) is 1.16. The van der Waals surface area contributed by atoms with Gasteiger partial charge in [0.25, 0.3) is 0 Å². The number of carboxylic acids is 1. The normalized spacial score (nSPS) is 23.5. The van der Waals surface area contributed by atoms with Gasteiger partial charge < -0.3 is 15.2 Å². The molecule has 0 amide bonds. The summed E-state index contributed by atoms with van der Waals surface area (Å²) in [4.78, 5) is 11.3. The highest BCUT2D eigenvalue weighted by atomic mass is 16.5. The lowest BCUT2D eigenvalue weighted by Crippen LogP contribution is -2.35. The minimum atomic E-state index is -0.643. The molecular weight excluding hydrogens is 266 g/mol. The van der Waals surface area contributed by atoms with Crippen molar-refractivity contribution in [2.24, 2.45) is 11.8 Å². The molecular formula is C17H25NO3. The Morgan fingerprint density at radius 1 is 1.43 bits per heavy atom. The molecule has 0 spiro atoms. The molecule has 0 bridgehead atoms. The minimum Gasteiger partial charge on any atom is -0.497 e. The average molecular weight is 291 g/mol. The molecule has 1 fully saturated rings. The van der Waals surface area contributed by atoms with E-state index in [-0.39, 0.29) is 17.9 Å². The average Bonchev–Trinajstić information content (AvgIpc) is 2.52. The Labute approximate surface area is 126 Å². The maximum atomic E-state index is 11.3. The van der Waals surface area contributed by atoms with Crippen LogP contribution in [-0.4, -0.2) is 24.7 Å². The Morgan fingerprint density at radius 3 is 2.90 bits per heavy atom. The van der Waals surface area contributed by atoms with Gasteiger partial charge in [0, 0.05) is 6.04 Å². The molecule has 21 heavy (non-hydrogen) atoms. The van der Waals surface area contributed by atoms with Gasteiger partial charge in [0.15, 0.2) is 0 Å². The third-order valence-corrected chi connectivity index (χ3v) is 4.51. The fraction of sp³-hybridized carbons (Fsp3) is 0.588. The van der Waals surface area contributed by atoms with Crippen LogP contribution in [0.5, 0.6) is 5.75 Å². The zero-order valence-electron chi connectivity index (χ0n) is 12.8. The van der Waals surface area contributed by atoms with Crippen LogP contribution in [0.15, 0.2) is 24.3 Å². The van der Waals surface area contributed by atoms with Crippen molar-refractivity contribution in [3.05, 3.63) is 29.8 Å². The fourth-order valence-electron chi connectivity index (χ4n) is 3.13. The molecule has 0 saturated heterocycles. The van der Waals surface area contributed by atoms with E-state index in [1.807, 2.05) is 18.2 Å². The minimum absolute atomic E-state index is 0.191. The summed E-state index contributed by atoms with van der Waals surface area (Å²) in [6, 6.07) is 8.19. The maximum Gasteiger partial charge on any atom is 0.306 e. The van der Waals surface area contributed by atoms with Gasteiger partial charge in [-0.25, -0.2) is 0 Å². The van der Waals surface area contributed by atoms with Gasteiger partial charge in [-0.05, 0) is 49.9 Å². The number of nitrogens with one attached hydrogen (secondary N) is 1. The van der Waals surface area contributed by atoms with Crippen LogP contribution in [0.25, 0.3) is 0 Å². The van der Waals surface area contributed by atoms with E-state index in [9.17, 15) is 9.90 Å². The van der Waals surface area contributed by atoms with E-state index in [0.29, 0.717) is 0 Å². The number of methoxy groups -OCH3 is 1. The van der Waals surface area contributed by atoms with Crippen LogP contribution < -0.4 is 10.1 Å². The second kappa shape index (κ2) is 7.46. The van der Waals surface area contributed by atoms with Crippen molar-refractivity contribution in [3.63, 3.8) is 0 Å². The maximum absolute atomic E-state index is 11.3. The van der Waals surface area contributed by atoms with Gasteiger partial charge in [-0.1, -0.05) is 25.0 Å². The predicted molar refractivity (Wildman–Crippen MR) is 82.5 cm³/mol. The lowest BCUT2D eigenvalue weighted by Gasteiger charge is -2.30. The van der Waals surface area contributed by atoms with Crippen molar-refractivity contribution in [2.45, 2.75) is 38.6 Å². The van der Waals surface area contributed by atoms with Gasteiger partial charge in [0.1, 0.15) is 5.75 Å². The van der Waals surface area contributed by atoms with Crippen LogP contribution in [0.2, 0.25) is 0 Å². The van der Waals surface area contributed by atoms with E-state index in [1.165, 1.54) is 0 Å². The van der Waals surface area contributed by atoms with Crippen molar-refractivity contribution >= 4 is 5.97 Å². The topological polar surface area (TPSA) is 58.6 Å². The Hall–Kier alpha value is -1.55. The first-order chi connectivity index (χ1) is 10.1. The molecule has 1 aromatic rings. The monoisotopic (exact) mass is 291 g/mol. The lowest BCUT2D eigenvalue weighted by molar-refractivity contribution is -0.144. The van der Waals surface area contributed by atoms with Crippen molar-refractivity contribution in [2.75, 3.05) is 13.7 Å². The molecule has 4 heteroatoms. The first kappa shape index (κ1) is 15.8. The first-order valence-electron chi connectivity index (χ1n) is 7.72. The van der Waals surface area contributed by atoms with Crippen LogP contribution in [0.1, 0.15) is 44.2 Å². The predicted octanol–water partition coefficient (Wildman–Crippen LogP) is 3.24. The highest BCUT2D eigenvalue weighted by molar-refractivity contribution is 5.70. The summed E-state index contributed by atoms with van der Waals surface area (Å²) in [5, 5.41) is 12.8. The van der Waals surface area contributed by atoms with Gasteiger partial charge in [0.2, 0.25) is 0 Å². The summed E-state index contributed by atoms with van der Waals surface area (Å²) in [5.74, 6) is 0.255. The number of benzene rings is 1. The van der Waals surface area contributed by atoms with E-state index in [1.54, 1.807) is 7.11 Å². The number of hydrogen-bond acceptors (Lipinski definition) is 3. The molecule has 0 radical (unpaired) electrons.